The van der Waals surface area contributed by atoms with Crippen molar-refractivity contribution < 1.29 is 13.6 Å². The van der Waals surface area contributed by atoms with E-state index in [1.54, 1.807) is 12.4 Å². The summed E-state index contributed by atoms with van der Waals surface area (Å²) < 4.78 is 26.2. The molecule has 0 radical (unpaired) electrons. The molecule has 1 amide bonds. The van der Waals surface area contributed by atoms with Crippen molar-refractivity contribution in [3.8, 4) is 0 Å². The van der Waals surface area contributed by atoms with Gasteiger partial charge in [-0.1, -0.05) is 0 Å². The number of amides is 1. The van der Waals surface area contributed by atoms with Crippen LogP contribution in [-0.2, 0) is 6.42 Å². The Hall–Kier alpha value is -3.42. The Morgan fingerprint density at radius 1 is 1.07 bits per heavy atom. The highest BCUT2D eigenvalue weighted by molar-refractivity contribution is 6.02. The lowest BCUT2D eigenvalue weighted by molar-refractivity contribution is 0.102. The highest BCUT2D eigenvalue weighted by Crippen LogP contribution is 2.14. The van der Waals surface area contributed by atoms with Crippen molar-refractivity contribution in [2.24, 2.45) is 0 Å². The molecule has 0 unspecified atom stereocenters. The van der Waals surface area contributed by atoms with Gasteiger partial charge >= 0.3 is 0 Å². The number of halogens is 2. The molecule has 27 heavy (non-hydrogen) atoms. The molecule has 1 N–H and O–H groups in total. The largest absolute Gasteiger partial charge is 0.344 e. The van der Waals surface area contributed by atoms with Gasteiger partial charge in [0.15, 0.2) is 11.6 Å². The van der Waals surface area contributed by atoms with Crippen molar-refractivity contribution in [3.05, 3.63) is 77.9 Å². The third-order valence-corrected chi connectivity index (χ3v) is 3.88. The molecule has 1 aromatic carbocycles. The molecule has 0 bridgehead atoms. The van der Waals surface area contributed by atoms with Crippen LogP contribution in [0.1, 0.15) is 16.1 Å². The molecular weight excluding hydrogens is 352 g/mol. The standard InChI is InChI=1S/C19H17F2N5O/c1-26(11-7-13-4-8-22-9-5-13)19-23-10-6-17(25-19)18(27)24-14-2-3-15(20)16(21)12-14/h2-6,8-10,12H,7,11H2,1H3,(H,24,27). The highest BCUT2D eigenvalue weighted by atomic mass is 19.2. The summed E-state index contributed by atoms with van der Waals surface area (Å²) in [5, 5.41) is 2.49. The zero-order valence-electron chi connectivity index (χ0n) is 14.6. The van der Waals surface area contributed by atoms with Crippen LogP contribution in [-0.4, -0.2) is 34.5 Å². The van der Waals surface area contributed by atoms with Crippen LogP contribution in [0, 0.1) is 11.6 Å². The first kappa shape index (κ1) is 18.4. The Kier molecular flexibility index (Phi) is 5.65. The maximum Gasteiger partial charge on any atom is 0.274 e. The van der Waals surface area contributed by atoms with E-state index in [4.69, 9.17) is 0 Å². The second kappa shape index (κ2) is 8.31. The third kappa shape index (κ3) is 4.81. The van der Waals surface area contributed by atoms with Gasteiger partial charge in [0, 0.05) is 43.9 Å². The third-order valence-electron chi connectivity index (χ3n) is 3.88. The van der Waals surface area contributed by atoms with Gasteiger partial charge in [-0.2, -0.15) is 0 Å². The fourth-order valence-electron chi connectivity index (χ4n) is 2.37. The van der Waals surface area contributed by atoms with E-state index < -0.39 is 17.5 Å². The SMILES string of the molecule is CN(CCc1ccncc1)c1nccc(C(=O)Nc2ccc(F)c(F)c2)n1. The second-order valence-corrected chi connectivity index (χ2v) is 5.85. The Bertz CT molecular complexity index is 936. The minimum Gasteiger partial charge on any atom is -0.344 e. The Morgan fingerprint density at radius 3 is 2.59 bits per heavy atom. The van der Waals surface area contributed by atoms with E-state index in [1.165, 1.54) is 18.3 Å². The second-order valence-electron chi connectivity index (χ2n) is 5.85. The van der Waals surface area contributed by atoms with Gasteiger partial charge in [-0.05, 0) is 42.3 Å². The smallest absolute Gasteiger partial charge is 0.274 e. The number of rotatable bonds is 6. The molecule has 0 atom stereocenters. The van der Waals surface area contributed by atoms with Crippen LogP contribution in [0.25, 0.3) is 0 Å². The summed E-state index contributed by atoms with van der Waals surface area (Å²) in [4.78, 5) is 26.6. The monoisotopic (exact) mass is 369 g/mol. The van der Waals surface area contributed by atoms with E-state index in [2.05, 4.69) is 20.3 Å². The maximum atomic E-state index is 13.3. The summed E-state index contributed by atoms with van der Waals surface area (Å²) >= 11 is 0. The van der Waals surface area contributed by atoms with Crippen LogP contribution < -0.4 is 10.2 Å². The molecular formula is C19H17F2N5O. The molecule has 0 aliphatic rings. The summed E-state index contributed by atoms with van der Waals surface area (Å²) in [5.74, 6) is -2.16. The molecule has 2 aromatic heterocycles. The predicted molar refractivity (Wildman–Crippen MR) is 97.6 cm³/mol. The summed E-state index contributed by atoms with van der Waals surface area (Å²) in [7, 11) is 1.83. The van der Waals surface area contributed by atoms with E-state index >= 15 is 0 Å². The number of carbonyl (C=O) groups excluding carboxylic acids is 1. The Balaban J connectivity index is 1.66. The molecule has 0 spiro atoms. The topological polar surface area (TPSA) is 71.0 Å². The number of hydrogen-bond acceptors (Lipinski definition) is 5. The fraction of sp³-hybridized carbons (Fsp3) is 0.158. The first-order valence-electron chi connectivity index (χ1n) is 8.22. The molecule has 2 heterocycles. The maximum absolute atomic E-state index is 13.3. The number of nitrogens with one attached hydrogen (secondary N) is 1. The van der Waals surface area contributed by atoms with Crippen molar-refractivity contribution in [1.29, 1.82) is 0 Å². The van der Waals surface area contributed by atoms with Crippen LogP contribution in [0.4, 0.5) is 20.4 Å². The van der Waals surface area contributed by atoms with Gasteiger partial charge in [0.25, 0.3) is 5.91 Å². The number of hydrogen-bond donors (Lipinski definition) is 1. The van der Waals surface area contributed by atoms with Gasteiger partial charge in [-0.15, -0.1) is 0 Å². The lowest BCUT2D eigenvalue weighted by Gasteiger charge is -2.17. The van der Waals surface area contributed by atoms with Gasteiger partial charge in [0.1, 0.15) is 5.69 Å². The van der Waals surface area contributed by atoms with E-state index in [-0.39, 0.29) is 11.4 Å². The van der Waals surface area contributed by atoms with Crippen LogP contribution in [0.3, 0.4) is 0 Å². The van der Waals surface area contributed by atoms with Gasteiger partial charge in [-0.25, -0.2) is 18.7 Å². The van der Waals surface area contributed by atoms with Gasteiger partial charge in [-0.3, -0.25) is 9.78 Å². The summed E-state index contributed by atoms with van der Waals surface area (Å²) in [5.41, 5.74) is 1.40. The first-order valence-corrected chi connectivity index (χ1v) is 8.22. The molecule has 0 saturated carbocycles. The number of anilines is 2. The van der Waals surface area contributed by atoms with Crippen LogP contribution in [0.5, 0.6) is 0 Å². The normalized spacial score (nSPS) is 10.5. The molecule has 0 fully saturated rings. The number of pyridine rings is 1. The van der Waals surface area contributed by atoms with Crippen LogP contribution >= 0.6 is 0 Å². The van der Waals surface area contributed by atoms with Gasteiger partial charge in [0.05, 0.1) is 0 Å². The number of carbonyl (C=O) groups is 1. The fourth-order valence-corrected chi connectivity index (χ4v) is 2.37. The number of aromatic nitrogens is 3. The number of benzene rings is 1. The van der Waals surface area contributed by atoms with E-state index in [0.29, 0.717) is 12.5 Å². The Morgan fingerprint density at radius 2 is 1.85 bits per heavy atom. The zero-order chi connectivity index (χ0) is 19.2. The van der Waals surface area contributed by atoms with Crippen molar-refractivity contribution in [1.82, 2.24) is 15.0 Å². The van der Waals surface area contributed by atoms with Crippen LogP contribution in [0.15, 0.2) is 55.0 Å². The first-order chi connectivity index (χ1) is 13.0. The van der Waals surface area contributed by atoms with E-state index in [9.17, 15) is 13.6 Å². The molecule has 8 heteroatoms. The minimum atomic E-state index is -1.04. The summed E-state index contributed by atoms with van der Waals surface area (Å²) in [6, 6.07) is 8.45. The highest BCUT2D eigenvalue weighted by Gasteiger charge is 2.13. The van der Waals surface area contributed by atoms with Gasteiger partial charge < -0.3 is 10.2 Å². The molecule has 0 aliphatic heterocycles. The van der Waals surface area contributed by atoms with E-state index in [1.807, 2.05) is 24.1 Å². The van der Waals surface area contributed by atoms with Crippen molar-refractivity contribution in [3.63, 3.8) is 0 Å². The molecule has 3 aromatic rings. The lowest BCUT2D eigenvalue weighted by atomic mass is 10.2. The van der Waals surface area contributed by atoms with Crippen molar-refractivity contribution >= 4 is 17.5 Å². The molecule has 6 nitrogen and oxygen atoms in total. The number of nitrogens with zero attached hydrogens (tertiary/aromatic N) is 4. The lowest BCUT2D eigenvalue weighted by Crippen LogP contribution is -2.24. The van der Waals surface area contributed by atoms with Crippen molar-refractivity contribution in [2.45, 2.75) is 6.42 Å². The van der Waals surface area contributed by atoms with Crippen molar-refractivity contribution in [2.75, 3.05) is 23.8 Å². The molecule has 3 rings (SSSR count). The predicted octanol–water partition coefficient (Wildman–Crippen LogP) is 3.08. The quantitative estimate of drug-likeness (QED) is 0.723. The summed E-state index contributed by atoms with van der Waals surface area (Å²) in [6.45, 7) is 0.651. The molecule has 0 aliphatic carbocycles. The van der Waals surface area contributed by atoms with E-state index in [0.717, 1.165) is 24.1 Å². The average Bonchev–Trinajstić information content (AvgIpc) is 2.70. The Labute approximate surface area is 154 Å². The molecule has 138 valence electrons. The van der Waals surface area contributed by atoms with Gasteiger partial charge in [0.2, 0.25) is 5.95 Å². The average molecular weight is 369 g/mol. The number of likely N-dealkylation sites (N-methyl/N-ethyl adjacent to an activating group) is 1. The zero-order valence-corrected chi connectivity index (χ0v) is 14.6. The van der Waals surface area contributed by atoms with Crippen LogP contribution in [0.2, 0.25) is 0 Å². The molecule has 0 saturated heterocycles. The minimum absolute atomic E-state index is 0.125. The summed E-state index contributed by atoms with van der Waals surface area (Å²) in [6.07, 6.45) is 5.71.